The molecule has 0 aliphatic heterocycles. The van der Waals surface area contributed by atoms with Gasteiger partial charge in [0.1, 0.15) is 16.3 Å². The number of carbonyl (C=O) groups excluding carboxylic acids is 2. The third-order valence-electron chi connectivity index (χ3n) is 4.53. The summed E-state index contributed by atoms with van der Waals surface area (Å²) in [5, 5.41) is 5.08. The number of halogens is 1. The lowest BCUT2D eigenvalue weighted by atomic mass is 10.0. The molecule has 0 atom stereocenters. The Morgan fingerprint density at radius 2 is 1.80 bits per heavy atom. The molecule has 156 valence electrons. The number of hydrogen-bond acceptors (Lipinski definition) is 5. The van der Waals surface area contributed by atoms with Gasteiger partial charge in [-0.1, -0.05) is 34.1 Å². The molecule has 0 saturated carbocycles. The van der Waals surface area contributed by atoms with E-state index in [9.17, 15) is 9.59 Å². The largest absolute Gasteiger partial charge is 0.484 e. The summed E-state index contributed by atoms with van der Waals surface area (Å²) < 4.78 is 11.8. The number of ether oxygens (including phenoxy) is 2. The van der Waals surface area contributed by atoms with E-state index in [-0.39, 0.29) is 19.1 Å². The zero-order valence-electron chi connectivity index (χ0n) is 17.0. The zero-order valence-corrected chi connectivity index (χ0v) is 19.4. The van der Waals surface area contributed by atoms with Crippen LogP contribution in [0.15, 0.2) is 52.3 Å². The number of thiophene rings is 1. The third-order valence-corrected chi connectivity index (χ3v) is 5.95. The van der Waals surface area contributed by atoms with Crippen molar-refractivity contribution in [2.45, 2.75) is 20.8 Å². The molecule has 0 fully saturated rings. The molecule has 1 aromatic heterocycles. The first kappa shape index (κ1) is 22.1. The minimum absolute atomic E-state index is 0.156. The molecule has 1 N–H and O–H groups in total. The first-order chi connectivity index (χ1) is 14.4. The lowest BCUT2D eigenvalue weighted by Crippen LogP contribution is -2.21. The van der Waals surface area contributed by atoms with Gasteiger partial charge in [0.05, 0.1) is 6.61 Å². The van der Waals surface area contributed by atoms with E-state index in [1.54, 1.807) is 6.92 Å². The van der Waals surface area contributed by atoms with Crippen molar-refractivity contribution < 1.29 is 19.1 Å². The summed E-state index contributed by atoms with van der Waals surface area (Å²) in [5.41, 5.74) is 4.18. The van der Waals surface area contributed by atoms with Crippen LogP contribution in [0.5, 0.6) is 5.75 Å². The summed E-state index contributed by atoms with van der Waals surface area (Å²) in [4.78, 5) is 25.1. The van der Waals surface area contributed by atoms with Crippen molar-refractivity contribution in [3.05, 3.63) is 69.0 Å². The smallest absolute Gasteiger partial charge is 0.341 e. The van der Waals surface area contributed by atoms with Crippen LogP contribution >= 0.6 is 27.3 Å². The Kier molecular flexibility index (Phi) is 7.29. The van der Waals surface area contributed by atoms with E-state index in [4.69, 9.17) is 9.47 Å². The number of carbonyl (C=O) groups is 2. The van der Waals surface area contributed by atoms with E-state index >= 15 is 0 Å². The van der Waals surface area contributed by atoms with Crippen molar-refractivity contribution in [2.24, 2.45) is 0 Å². The number of amides is 1. The van der Waals surface area contributed by atoms with Crippen LogP contribution in [-0.2, 0) is 9.53 Å². The van der Waals surface area contributed by atoms with Crippen molar-refractivity contribution in [3.63, 3.8) is 0 Å². The fourth-order valence-corrected chi connectivity index (χ4v) is 4.05. The van der Waals surface area contributed by atoms with E-state index in [1.807, 2.05) is 61.7 Å². The quantitative estimate of drug-likeness (QED) is 0.415. The lowest BCUT2D eigenvalue weighted by molar-refractivity contribution is -0.118. The Morgan fingerprint density at radius 1 is 1.07 bits per heavy atom. The third kappa shape index (κ3) is 5.29. The molecule has 30 heavy (non-hydrogen) atoms. The maximum absolute atomic E-state index is 12.6. The van der Waals surface area contributed by atoms with Crippen molar-refractivity contribution in [1.82, 2.24) is 0 Å². The summed E-state index contributed by atoms with van der Waals surface area (Å²) in [7, 11) is 0. The van der Waals surface area contributed by atoms with Gasteiger partial charge < -0.3 is 14.8 Å². The van der Waals surface area contributed by atoms with Crippen LogP contribution < -0.4 is 10.1 Å². The normalized spacial score (nSPS) is 10.5. The predicted molar refractivity (Wildman–Crippen MR) is 123 cm³/mol. The highest BCUT2D eigenvalue weighted by molar-refractivity contribution is 9.10. The van der Waals surface area contributed by atoms with Crippen molar-refractivity contribution in [3.8, 4) is 16.9 Å². The van der Waals surface area contributed by atoms with Crippen molar-refractivity contribution in [2.75, 3.05) is 18.5 Å². The lowest BCUT2D eigenvalue weighted by Gasteiger charge is -2.10. The molecule has 1 heterocycles. The molecule has 7 heteroatoms. The van der Waals surface area contributed by atoms with Gasteiger partial charge in [-0.25, -0.2) is 4.79 Å². The van der Waals surface area contributed by atoms with Gasteiger partial charge in [-0.15, -0.1) is 11.3 Å². The number of anilines is 1. The van der Waals surface area contributed by atoms with Gasteiger partial charge in [-0.3, -0.25) is 4.79 Å². The molecule has 3 aromatic rings. The fourth-order valence-electron chi connectivity index (χ4n) is 2.81. The Balaban J connectivity index is 1.78. The number of hydrogen-bond donors (Lipinski definition) is 1. The summed E-state index contributed by atoms with van der Waals surface area (Å²) in [6.45, 7) is 5.85. The van der Waals surface area contributed by atoms with Crippen LogP contribution in [0.25, 0.3) is 11.1 Å². The molecule has 0 aliphatic rings. The molecule has 5 nitrogen and oxygen atoms in total. The SMILES string of the molecule is CCOC(=O)c1c(-c2ccc(Br)cc2)csc1NC(=O)COc1ccc(C)c(C)c1. The van der Waals surface area contributed by atoms with E-state index in [2.05, 4.69) is 21.2 Å². The topological polar surface area (TPSA) is 64.6 Å². The predicted octanol–water partition coefficient (Wildman–Crippen LogP) is 5.99. The summed E-state index contributed by atoms with van der Waals surface area (Å²) in [6, 6.07) is 13.3. The summed E-state index contributed by atoms with van der Waals surface area (Å²) >= 11 is 4.70. The number of rotatable bonds is 7. The average molecular weight is 488 g/mol. The molecule has 2 aromatic carbocycles. The van der Waals surface area contributed by atoms with Gasteiger partial charge in [0, 0.05) is 15.4 Å². The monoisotopic (exact) mass is 487 g/mol. The zero-order chi connectivity index (χ0) is 21.7. The van der Waals surface area contributed by atoms with Gasteiger partial charge >= 0.3 is 5.97 Å². The van der Waals surface area contributed by atoms with Gasteiger partial charge in [-0.05, 0) is 61.7 Å². The summed E-state index contributed by atoms with van der Waals surface area (Å²) in [6.07, 6.45) is 0. The van der Waals surface area contributed by atoms with E-state index in [0.29, 0.717) is 16.3 Å². The van der Waals surface area contributed by atoms with Crippen LogP contribution in [0.1, 0.15) is 28.4 Å². The number of esters is 1. The van der Waals surface area contributed by atoms with Crippen molar-refractivity contribution in [1.29, 1.82) is 0 Å². The van der Waals surface area contributed by atoms with Gasteiger partial charge in [0.25, 0.3) is 5.91 Å². The minimum Gasteiger partial charge on any atom is -0.484 e. The van der Waals surface area contributed by atoms with E-state index < -0.39 is 5.97 Å². The van der Waals surface area contributed by atoms with Gasteiger partial charge in [0.2, 0.25) is 0 Å². The van der Waals surface area contributed by atoms with Gasteiger partial charge in [-0.2, -0.15) is 0 Å². The summed E-state index contributed by atoms with van der Waals surface area (Å²) in [5.74, 6) is -0.189. The fraction of sp³-hybridized carbons (Fsp3) is 0.217. The second kappa shape index (κ2) is 9.91. The van der Waals surface area contributed by atoms with Crippen LogP contribution in [-0.4, -0.2) is 25.1 Å². The minimum atomic E-state index is -0.470. The van der Waals surface area contributed by atoms with Crippen LogP contribution in [0.2, 0.25) is 0 Å². The number of benzene rings is 2. The number of nitrogens with one attached hydrogen (secondary N) is 1. The second-order valence-corrected chi connectivity index (χ2v) is 8.46. The Labute approximate surface area is 188 Å². The molecular formula is C23H22BrNO4S. The maximum atomic E-state index is 12.6. The average Bonchev–Trinajstić information content (AvgIpc) is 3.13. The highest BCUT2D eigenvalue weighted by Crippen LogP contribution is 2.36. The Morgan fingerprint density at radius 3 is 2.47 bits per heavy atom. The van der Waals surface area contributed by atoms with Crippen LogP contribution in [0.4, 0.5) is 5.00 Å². The molecule has 0 saturated heterocycles. The van der Waals surface area contributed by atoms with Crippen molar-refractivity contribution >= 4 is 44.1 Å². The highest BCUT2D eigenvalue weighted by atomic mass is 79.9. The first-order valence-electron chi connectivity index (χ1n) is 9.43. The number of aryl methyl sites for hydroxylation is 2. The Bertz CT molecular complexity index is 1060. The molecule has 0 bridgehead atoms. The molecule has 0 spiro atoms. The highest BCUT2D eigenvalue weighted by Gasteiger charge is 2.23. The van der Waals surface area contributed by atoms with Gasteiger partial charge in [0.15, 0.2) is 6.61 Å². The molecule has 0 aliphatic carbocycles. The van der Waals surface area contributed by atoms with Crippen LogP contribution in [0, 0.1) is 13.8 Å². The molecule has 3 rings (SSSR count). The second-order valence-electron chi connectivity index (χ2n) is 6.66. The first-order valence-corrected chi connectivity index (χ1v) is 11.1. The van der Waals surface area contributed by atoms with Crippen LogP contribution in [0.3, 0.4) is 0 Å². The Hall–Kier alpha value is -2.64. The van der Waals surface area contributed by atoms with E-state index in [0.717, 1.165) is 26.7 Å². The maximum Gasteiger partial charge on any atom is 0.341 e. The standard InChI is InChI=1S/C23H22BrNO4S/c1-4-28-23(27)21-19(16-6-8-17(24)9-7-16)13-30-22(21)25-20(26)12-29-18-10-5-14(2)15(3)11-18/h5-11,13H,4,12H2,1-3H3,(H,25,26). The van der Waals surface area contributed by atoms with E-state index in [1.165, 1.54) is 11.3 Å². The molecule has 0 radical (unpaired) electrons. The molecule has 1 amide bonds. The molecule has 0 unspecified atom stereocenters. The molecular weight excluding hydrogens is 466 g/mol.